The molecule has 2 aromatic heterocycles. The molecule has 0 spiro atoms. The number of aromatic amines is 1. The Balaban J connectivity index is 2.05. The van der Waals surface area contributed by atoms with Crippen molar-refractivity contribution in [2.45, 2.75) is 20.8 Å². The van der Waals surface area contributed by atoms with Crippen LogP contribution in [0.2, 0.25) is 0 Å². The van der Waals surface area contributed by atoms with Crippen LogP contribution in [0.3, 0.4) is 0 Å². The van der Waals surface area contributed by atoms with Crippen LogP contribution in [0.15, 0.2) is 24.3 Å². The molecule has 25 heavy (non-hydrogen) atoms. The van der Waals surface area contributed by atoms with Crippen LogP contribution < -0.4 is 0 Å². The standard InChI is InChI=1S/C19H17N3O2S/c1-4-24-19(23)17-11(2)15(21-12(17)3)9-13(10-20)18-22-14-7-5-6-8-16(14)25-18/h5-9,21H,4H2,1-3H3. The number of para-hydroxylation sites is 1. The first kappa shape index (κ1) is 16.9. The minimum absolute atomic E-state index is 0.323. The van der Waals surface area contributed by atoms with Gasteiger partial charge in [0.1, 0.15) is 11.1 Å². The predicted molar refractivity (Wildman–Crippen MR) is 99.3 cm³/mol. The smallest absolute Gasteiger partial charge is 0.340 e. The fourth-order valence-corrected chi connectivity index (χ4v) is 3.63. The number of benzene rings is 1. The summed E-state index contributed by atoms with van der Waals surface area (Å²) in [7, 11) is 0. The van der Waals surface area contributed by atoms with Gasteiger partial charge in [0.15, 0.2) is 0 Å². The largest absolute Gasteiger partial charge is 0.462 e. The number of rotatable bonds is 4. The van der Waals surface area contributed by atoms with Gasteiger partial charge in [-0.2, -0.15) is 5.26 Å². The Labute approximate surface area is 149 Å². The number of ether oxygens (including phenoxy) is 1. The van der Waals surface area contributed by atoms with Gasteiger partial charge in [-0.15, -0.1) is 11.3 Å². The van der Waals surface area contributed by atoms with Crippen LogP contribution in [0.1, 0.15) is 39.2 Å². The molecule has 5 nitrogen and oxygen atoms in total. The van der Waals surface area contributed by atoms with Gasteiger partial charge in [0.25, 0.3) is 0 Å². The Kier molecular flexibility index (Phi) is 4.68. The first-order valence-corrected chi connectivity index (χ1v) is 8.70. The molecule has 0 unspecified atom stereocenters. The van der Waals surface area contributed by atoms with Gasteiger partial charge >= 0.3 is 5.97 Å². The summed E-state index contributed by atoms with van der Waals surface area (Å²) >= 11 is 1.47. The number of hydrogen-bond donors (Lipinski definition) is 1. The summed E-state index contributed by atoms with van der Waals surface area (Å²) in [4.78, 5) is 19.8. The van der Waals surface area contributed by atoms with E-state index in [2.05, 4.69) is 16.0 Å². The molecule has 2 heterocycles. The second kappa shape index (κ2) is 6.91. The van der Waals surface area contributed by atoms with E-state index in [1.807, 2.05) is 38.1 Å². The number of carbonyl (C=O) groups excluding carboxylic acids is 1. The highest BCUT2D eigenvalue weighted by Crippen LogP contribution is 2.29. The van der Waals surface area contributed by atoms with E-state index < -0.39 is 0 Å². The van der Waals surface area contributed by atoms with Crippen LogP contribution in [-0.4, -0.2) is 22.5 Å². The van der Waals surface area contributed by atoms with Crippen molar-refractivity contribution in [2.24, 2.45) is 0 Å². The monoisotopic (exact) mass is 351 g/mol. The lowest BCUT2D eigenvalue weighted by Gasteiger charge is -2.02. The summed E-state index contributed by atoms with van der Waals surface area (Å²) in [6.45, 7) is 5.76. The average molecular weight is 351 g/mol. The lowest BCUT2D eigenvalue weighted by atomic mass is 10.1. The summed E-state index contributed by atoms with van der Waals surface area (Å²) in [5.41, 5.74) is 4.07. The third-order valence-electron chi connectivity index (χ3n) is 3.89. The number of carbonyl (C=O) groups is 1. The molecule has 3 aromatic rings. The SMILES string of the molecule is CCOC(=O)c1c(C)[nH]c(C=C(C#N)c2nc3ccccc3s2)c1C. The zero-order chi connectivity index (χ0) is 18.0. The van der Waals surface area contributed by atoms with Crippen LogP contribution >= 0.6 is 11.3 Å². The molecule has 0 aliphatic carbocycles. The molecule has 1 aromatic carbocycles. The Hall–Kier alpha value is -2.91. The second-order valence-corrected chi connectivity index (χ2v) is 6.57. The fraction of sp³-hybridized carbons (Fsp3) is 0.211. The van der Waals surface area contributed by atoms with Crippen molar-refractivity contribution in [1.29, 1.82) is 5.26 Å². The number of nitrogens with zero attached hydrogens (tertiary/aromatic N) is 2. The van der Waals surface area contributed by atoms with Crippen molar-refractivity contribution in [3.05, 3.63) is 51.8 Å². The Morgan fingerprint density at radius 3 is 2.84 bits per heavy atom. The summed E-state index contributed by atoms with van der Waals surface area (Å²) in [5, 5.41) is 10.2. The highest BCUT2D eigenvalue weighted by molar-refractivity contribution is 7.19. The maximum Gasteiger partial charge on any atom is 0.340 e. The van der Waals surface area contributed by atoms with Gasteiger partial charge in [-0.25, -0.2) is 9.78 Å². The molecule has 0 saturated carbocycles. The molecule has 0 amide bonds. The Morgan fingerprint density at radius 2 is 2.16 bits per heavy atom. The van der Waals surface area contributed by atoms with Crippen LogP contribution in [0.25, 0.3) is 21.9 Å². The minimum Gasteiger partial charge on any atom is -0.462 e. The number of nitriles is 1. The number of hydrogen-bond acceptors (Lipinski definition) is 5. The van der Waals surface area contributed by atoms with E-state index in [1.165, 1.54) is 11.3 Å². The van der Waals surface area contributed by atoms with Gasteiger partial charge in [0, 0.05) is 11.4 Å². The summed E-state index contributed by atoms with van der Waals surface area (Å²) < 4.78 is 6.14. The van der Waals surface area contributed by atoms with Crippen LogP contribution in [0.4, 0.5) is 0 Å². The van der Waals surface area contributed by atoms with Crippen molar-refractivity contribution >= 4 is 39.2 Å². The van der Waals surface area contributed by atoms with Gasteiger partial charge in [0.05, 0.1) is 28.0 Å². The van der Waals surface area contributed by atoms with Crippen LogP contribution in [0.5, 0.6) is 0 Å². The molecule has 0 fully saturated rings. The third-order valence-corrected chi connectivity index (χ3v) is 4.96. The normalized spacial score (nSPS) is 11.5. The summed E-state index contributed by atoms with van der Waals surface area (Å²) in [6, 6.07) is 9.99. The van der Waals surface area contributed by atoms with Gasteiger partial charge in [-0.3, -0.25) is 0 Å². The number of esters is 1. The van der Waals surface area contributed by atoms with E-state index in [1.54, 1.807) is 13.0 Å². The van der Waals surface area contributed by atoms with Crippen molar-refractivity contribution in [3.8, 4) is 6.07 Å². The van der Waals surface area contributed by atoms with Crippen molar-refractivity contribution in [3.63, 3.8) is 0 Å². The topological polar surface area (TPSA) is 78.8 Å². The average Bonchev–Trinajstić information content (AvgIpc) is 3.13. The van der Waals surface area contributed by atoms with E-state index >= 15 is 0 Å². The minimum atomic E-state index is -0.355. The number of aryl methyl sites for hydroxylation is 1. The maximum atomic E-state index is 12.1. The molecule has 3 rings (SSSR count). The highest BCUT2D eigenvalue weighted by atomic mass is 32.1. The number of thiazole rings is 1. The molecular weight excluding hydrogens is 334 g/mol. The molecule has 0 aliphatic heterocycles. The number of aromatic nitrogens is 2. The van der Waals surface area contributed by atoms with E-state index in [4.69, 9.17) is 4.74 Å². The molecule has 0 saturated heterocycles. The van der Waals surface area contributed by atoms with Gasteiger partial charge < -0.3 is 9.72 Å². The first-order valence-electron chi connectivity index (χ1n) is 7.89. The van der Waals surface area contributed by atoms with E-state index in [0.717, 1.165) is 27.2 Å². The lowest BCUT2D eigenvalue weighted by Crippen LogP contribution is -2.06. The Bertz CT molecular complexity index is 988. The molecule has 0 atom stereocenters. The maximum absolute atomic E-state index is 12.1. The molecule has 0 radical (unpaired) electrons. The molecule has 126 valence electrons. The molecule has 0 aliphatic rings. The van der Waals surface area contributed by atoms with Crippen molar-refractivity contribution < 1.29 is 9.53 Å². The third kappa shape index (κ3) is 3.19. The van der Waals surface area contributed by atoms with Crippen molar-refractivity contribution in [2.75, 3.05) is 6.61 Å². The zero-order valence-electron chi connectivity index (χ0n) is 14.2. The summed E-state index contributed by atoms with van der Waals surface area (Å²) in [6.07, 6.45) is 1.74. The van der Waals surface area contributed by atoms with Gasteiger partial charge in [0.2, 0.25) is 0 Å². The van der Waals surface area contributed by atoms with E-state index in [0.29, 0.717) is 22.8 Å². The molecule has 1 N–H and O–H groups in total. The second-order valence-electron chi connectivity index (χ2n) is 5.54. The molecule has 0 bridgehead atoms. The summed E-state index contributed by atoms with van der Waals surface area (Å²) in [5.74, 6) is -0.355. The van der Waals surface area contributed by atoms with Crippen LogP contribution in [0, 0.1) is 25.2 Å². The molecule has 6 heteroatoms. The first-order chi connectivity index (χ1) is 12.0. The van der Waals surface area contributed by atoms with Gasteiger partial charge in [-0.05, 0) is 44.5 Å². The quantitative estimate of drug-likeness (QED) is 0.555. The fourth-order valence-electron chi connectivity index (χ4n) is 2.70. The van der Waals surface area contributed by atoms with E-state index in [-0.39, 0.29) is 5.97 Å². The van der Waals surface area contributed by atoms with Crippen molar-refractivity contribution in [1.82, 2.24) is 9.97 Å². The Morgan fingerprint density at radius 1 is 1.40 bits per heavy atom. The number of nitrogens with one attached hydrogen (secondary N) is 1. The van der Waals surface area contributed by atoms with Gasteiger partial charge in [-0.1, -0.05) is 12.1 Å². The number of H-pyrrole nitrogens is 1. The van der Waals surface area contributed by atoms with Crippen LogP contribution in [-0.2, 0) is 4.74 Å². The lowest BCUT2D eigenvalue weighted by molar-refractivity contribution is 0.0525. The van der Waals surface area contributed by atoms with E-state index in [9.17, 15) is 10.1 Å². The molecular formula is C19H17N3O2S. The number of allylic oxidation sites excluding steroid dienone is 1. The predicted octanol–water partition coefficient (Wildman–Crippen LogP) is 4.48. The highest BCUT2D eigenvalue weighted by Gasteiger charge is 2.19. The number of fused-ring (bicyclic) bond motifs is 1. The zero-order valence-corrected chi connectivity index (χ0v) is 15.0.